The van der Waals surface area contributed by atoms with Crippen LogP contribution in [-0.4, -0.2) is 55.7 Å². The molecule has 2 aromatic heterocycles. The third-order valence-corrected chi connectivity index (χ3v) is 8.34. The van der Waals surface area contributed by atoms with Gasteiger partial charge in [-0.15, -0.1) is 10.2 Å². The Hall–Kier alpha value is -3.77. The molecule has 0 N–H and O–H groups in total. The number of aryl methyl sites for hydroxylation is 1. The Balaban J connectivity index is 1.20. The normalized spacial score (nSPS) is 17.2. The van der Waals surface area contributed by atoms with Crippen molar-refractivity contribution in [1.29, 1.82) is 0 Å². The topological polar surface area (TPSA) is 82.4 Å². The number of likely N-dealkylation sites (tertiary alicyclic amines) is 1. The highest BCUT2D eigenvalue weighted by Crippen LogP contribution is 2.31. The van der Waals surface area contributed by atoms with Gasteiger partial charge in [0, 0.05) is 30.1 Å². The number of carbonyl (C=O) groups excluding carboxylic acids is 1. The molecule has 0 saturated carbocycles. The highest BCUT2D eigenvalue weighted by molar-refractivity contribution is 7.99. The van der Waals surface area contributed by atoms with Gasteiger partial charge in [-0.25, -0.2) is 4.79 Å². The van der Waals surface area contributed by atoms with Gasteiger partial charge in [0.25, 0.3) is 0 Å². The summed E-state index contributed by atoms with van der Waals surface area (Å²) < 4.78 is 13.5. The molecule has 1 atom stereocenters. The lowest BCUT2D eigenvalue weighted by atomic mass is 10.00. The van der Waals surface area contributed by atoms with Crippen molar-refractivity contribution in [3.63, 3.8) is 0 Å². The van der Waals surface area contributed by atoms with E-state index < -0.39 is 0 Å². The van der Waals surface area contributed by atoms with Crippen LogP contribution in [0.4, 0.5) is 4.79 Å². The highest BCUT2D eigenvalue weighted by Gasteiger charge is 2.21. The van der Waals surface area contributed by atoms with Crippen molar-refractivity contribution in [2.24, 2.45) is 5.92 Å². The number of carbonyl (C=O) groups is 1. The number of allylic oxidation sites excluding steroid dienone is 1. The molecule has 1 fully saturated rings. The zero-order valence-electron chi connectivity index (χ0n) is 23.1. The first-order valence-electron chi connectivity index (χ1n) is 13.9. The quantitative estimate of drug-likeness (QED) is 0.261. The first-order chi connectivity index (χ1) is 19.6. The van der Waals surface area contributed by atoms with Crippen molar-refractivity contribution in [1.82, 2.24) is 24.6 Å². The molecule has 3 aromatic rings. The van der Waals surface area contributed by atoms with Crippen molar-refractivity contribution in [3.8, 4) is 23.3 Å². The zero-order valence-corrected chi connectivity index (χ0v) is 23.9. The van der Waals surface area contributed by atoms with Gasteiger partial charge in [0.05, 0.1) is 11.9 Å². The number of thioether (sulfide) groups is 1. The first-order valence-corrected chi connectivity index (χ1v) is 14.8. The molecule has 1 unspecified atom stereocenters. The largest absolute Gasteiger partial charge is 0.486 e. The molecule has 1 aromatic carbocycles. The molecule has 9 heteroatoms. The average molecular weight is 558 g/mol. The molecule has 0 bridgehead atoms. The summed E-state index contributed by atoms with van der Waals surface area (Å²) in [6, 6.07) is 9.69. The van der Waals surface area contributed by atoms with Gasteiger partial charge in [-0.1, -0.05) is 42.7 Å². The van der Waals surface area contributed by atoms with Gasteiger partial charge in [-0.05, 0) is 80.8 Å². The zero-order chi connectivity index (χ0) is 27.7. The number of ether oxygens (including phenoxy) is 2. The summed E-state index contributed by atoms with van der Waals surface area (Å²) in [5.74, 6) is 8.17. The lowest BCUT2D eigenvalue weighted by molar-refractivity contribution is 0.0992. The van der Waals surface area contributed by atoms with Crippen molar-refractivity contribution in [2.45, 2.75) is 63.0 Å². The van der Waals surface area contributed by atoms with Gasteiger partial charge < -0.3 is 14.4 Å². The maximum atomic E-state index is 12.2. The third-order valence-electron chi connectivity index (χ3n) is 7.17. The number of nitrogens with zero attached hydrogens (tertiary/aromatic N) is 5. The molecule has 3 heterocycles. The van der Waals surface area contributed by atoms with Crippen LogP contribution in [0.3, 0.4) is 0 Å². The number of aromatic nitrogens is 4. The summed E-state index contributed by atoms with van der Waals surface area (Å²) in [4.78, 5) is 18.3. The molecule has 1 aliphatic carbocycles. The van der Waals surface area contributed by atoms with Crippen LogP contribution < -0.4 is 4.74 Å². The van der Waals surface area contributed by atoms with E-state index in [0.29, 0.717) is 17.0 Å². The number of rotatable bonds is 7. The Morgan fingerprint density at radius 2 is 2.05 bits per heavy atom. The van der Waals surface area contributed by atoms with Crippen LogP contribution in [0.15, 0.2) is 60.0 Å². The number of pyridine rings is 1. The molecular formula is C31H35N5O3S. The van der Waals surface area contributed by atoms with Gasteiger partial charge in [0.2, 0.25) is 0 Å². The summed E-state index contributed by atoms with van der Waals surface area (Å²) in [6.45, 7) is 6.05. The average Bonchev–Trinajstić information content (AvgIpc) is 3.38. The van der Waals surface area contributed by atoms with Crippen molar-refractivity contribution < 1.29 is 14.3 Å². The van der Waals surface area contributed by atoms with Crippen LogP contribution in [0, 0.1) is 24.7 Å². The lowest BCUT2D eigenvalue weighted by Gasteiger charge is -2.29. The van der Waals surface area contributed by atoms with E-state index in [2.05, 4.69) is 46.1 Å². The van der Waals surface area contributed by atoms with Crippen molar-refractivity contribution in [3.05, 3.63) is 71.8 Å². The summed E-state index contributed by atoms with van der Waals surface area (Å²) >= 11 is 1.72. The Morgan fingerprint density at radius 1 is 1.18 bits per heavy atom. The van der Waals surface area contributed by atoms with E-state index in [0.717, 1.165) is 66.5 Å². The molecule has 40 heavy (non-hydrogen) atoms. The predicted molar refractivity (Wildman–Crippen MR) is 155 cm³/mol. The summed E-state index contributed by atoms with van der Waals surface area (Å²) in [7, 11) is 0. The maximum absolute atomic E-state index is 12.2. The van der Waals surface area contributed by atoms with Gasteiger partial charge in [-0.3, -0.25) is 9.55 Å². The Bertz CT molecular complexity index is 1390. The van der Waals surface area contributed by atoms with E-state index >= 15 is 0 Å². The van der Waals surface area contributed by atoms with Crippen molar-refractivity contribution in [2.75, 3.05) is 19.7 Å². The number of hydrogen-bond donors (Lipinski definition) is 0. The van der Waals surface area contributed by atoms with Crippen LogP contribution in [0.5, 0.6) is 5.75 Å². The number of hydrogen-bond acceptors (Lipinski definition) is 7. The second-order valence-corrected chi connectivity index (χ2v) is 11.5. The lowest BCUT2D eigenvalue weighted by Crippen LogP contribution is -2.38. The summed E-state index contributed by atoms with van der Waals surface area (Å²) in [5.41, 5.74) is 2.76. The van der Waals surface area contributed by atoms with Gasteiger partial charge >= 0.3 is 6.09 Å². The van der Waals surface area contributed by atoms with E-state index in [9.17, 15) is 4.79 Å². The molecule has 8 nitrogen and oxygen atoms in total. The molecule has 1 saturated heterocycles. The molecule has 1 amide bonds. The minimum atomic E-state index is -0.280. The first kappa shape index (κ1) is 27.8. The fourth-order valence-electron chi connectivity index (χ4n) is 4.76. The Kier molecular flexibility index (Phi) is 9.40. The van der Waals surface area contributed by atoms with Crippen LogP contribution in [-0.2, 0) is 11.3 Å². The van der Waals surface area contributed by atoms with Crippen LogP contribution in [0.25, 0.3) is 5.69 Å². The SMILES string of the molecule is Cc1cc(OCc2nnc(SC3C=CCCC3)n2-c2cccnc2)ccc1C#CCOC(=O)N1CCC(C)CC1. The van der Waals surface area contributed by atoms with Gasteiger partial charge in [0.15, 0.2) is 17.6 Å². The fraction of sp³-hybridized carbons (Fsp3) is 0.419. The van der Waals surface area contributed by atoms with Crippen LogP contribution in [0.2, 0.25) is 0 Å². The fourth-order valence-corrected chi connectivity index (χ4v) is 5.91. The van der Waals surface area contributed by atoms with E-state index in [-0.39, 0.29) is 19.3 Å². The Morgan fingerprint density at radius 3 is 2.80 bits per heavy atom. The van der Waals surface area contributed by atoms with E-state index in [4.69, 9.17) is 9.47 Å². The summed E-state index contributed by atoms with van der Waals surface area (Å²) in [5, 5.41) is 10.2. The van der Waals surface area contributed by atoms with E-state index in [1.807, 2.05) is 48.0 Å². The molecular weight excluding hydrogens is 522 g/mol. The molecule has 208 valence electrons. The highest BCUT2D eigenvalue weighted by atomic mass is 32.2. The Labute approximate surface area is 240 Å². The second kappa shape index (κ2) is 13.5. The summed E-state index contributed by atoms with van der Waals surface area (Å²) in [6.07, 6.45) is 13.3. The smallest absolute Gasteiger partial charge is 0.410 e. The maximum Gasteiger partial charge on any atom is 0.410 e. The number of piperidine rings is 1. The van der Waals surface area contributed by atoms with Gasteiger partial charge in [0.1, 0.15) is 12.4 Å². The van der Waals surface area contributed by atoms with Crippen LogP contribution in [0.1, 0.15) is 56.0 Å². The third kappa shape index (κ3) is 7.24. The molecule has 0 spiro atoms. The predicted octanol–water partition coefficient (Wildman–Crippen LogP) is 5.97. The van der Waals surface area contributed by atoms with E-state index in [1.165, 1.54) is 6.42 Å². The second-order valence-electron chi connectivity index (χ2n) is 10.3. The molecule has 2 aliphatic rings. The minimum Gasteiger partial charge on any atom is -0.486 e. The van der Waals surface area contributed by atoms with Gasteiger partial charge in [-0.2, -0.15) is 0 Å². The number of benzene rings is 1. The van der Waals surface area contributed by atoms with Crippen molar-refractivity contribution >= 4 is 17.9 Å². The number of amides is 1. The van der Waals surface area contributed by atoms with E-state index in [1.54, 1.807) is 22.9 Å². The van der Waals surface area contributed by atoms with Crippen LogP contribution >= 0.6 is 11.8 Å². The molecule has 5 rings (SSSR count). The standard InChI is InChI=1S/C31H35N5O3S/c1-23-14-17-35(18-15-23)31(37)38-19-7-8-25-12-13-27(20-24(25)2)39-22-29-33-34-30(40-28-10-4-3-5-11-28)36(29)26-9-6-16-32-21-26/h4,6,9-10,12-13,16,20-21,23,28H,3,5,11,14-15,17-19,22H2,1-2H3. The molecule has 1 aliphatic heterocycles. The molecule has 0 radical (unpaired) electrons. The minimum absolute atomic E-state index is 0.0730. The monoisotopic (exact) mass is 557 g/mol.